The van der Waals surface area contributed by atoms with E-state index >= 15 is 0 Å². The average molecular weight is 299 g/mol. The van der Waals surface area contributed by atoms with Crippen molar-refractivity contribution in [1.29, 1.82) is 0 Å². The largest absolute Gasteiger partial charge is 0.497 e. The van der Waals surface area contributed by atoms with Crippen LogP contribution in [0.2, 0.25) is 0 Å². The van der Waals surface area contributed by atoms with Gasteiger partial charge in [-0.3, -0.25) is 4.79 Å². The molecule has 0 atom stereocenters. The maximum Gasteiger partial charge on any atom is 0.251 e. The van der Waals surface area contributed by atoms with E-state index in [2.05, 4.69) is 12.2 Å². The Labute approximate surface area is 131 Å². The first-order valence-electron chi connectivity index (χ1n) is 7.37. The lowest BCUT2D eigenvalue weighted by Gasteiger charge is -2.08. The predicted molar refractivity (Wildman–Crippen MR) is 86.4 cm³/mol. The van der Waals surface area contributed by atoms with E-state index in [4.69, 9.17) is 9.47 Å². The minimum atomic E-state index is -0.0992. The standard InChI is InChI=1S/C18H21NO3/c1-3-12-22-17-10-6-15(7-11-17)18(20)19-13-14-4-8-16(21-2)9-5-14/h4-11H,3,12-13H2,1-2H3,(H,19,20). The number of amides is 1. The van der Waals surface area contributed by atoms with Crippen LogP contribution in [0.5, 0.6) is 11.5 Å². The minimum absolute atomic E-state index is 0.0992. The third-order valence-corrected chi connectivity index (χ3v) is 3.20. The zero-order valence-corrected chi connectivity index (χ0v) is 13.0. The summed E-state index contributed by atoms with van der Waals surface area (Å²) in [5, 5.41) is 2.89. The summed E-state index contributed by atoms with van der Waals surface area (Å²) >= 11 is 0. The summed E-state index contributed by atoms with van der Waals surface area (Å²) < 4.78 is 10.6. The molecule has 0 unspecified atom stereocenters. The number of carbonyl (C=O) groups excluding carboxylic acids is 1. The fourth-order valence-electron chi connectivity index (χ4n) is 1.95. The van der Waals surface area contributed by atoms with Crippen molar-refractivity contribution >= 4 is 5.91 Å². The molecule has 0 aliphatic rings. The smallest absolute Gasteiger partial charge is 0.251 e. The summed E-state index contributed by atoms with van der Waals surface area (Å²) in [6.45, 7) is 3.22. The van der Waals surface area contributed by atoms with Gasteiger partial charge in [0.15, 0.2) is 0 Å². The molecule has 0 saturated carbocycles. The van der Waals surface area contributed by atoms with Gasteiger partial charge in [0.25, 0.3) is 5.91 Å². The third-order valence-electron chi connectivity index (χ3n) is 3.20. The molecule has 22 heavy (non-hydrogen) atoms. The number of rotatable bonds is 7. The van der Waals surface area contributed by atoms with Crippen LogP contribution in [0.3, 0.4) is 0 Å². The van der Waals surface area contributed by atoms with Gasteiger partial charge in [-0.25, -0.2) is 0 Å². The van der Waals surface area contributed by atoms with Gasteiger partial charge in [-0.1, -0.05) is 19.1 Å². The van der Waals surface area contributed by atoms with Crippen molar-refractivity contribution in [2.45, 2.75) is 19.9 Å². The van der Waals surface area contributed by atoms with E-state index in [1.54, 1.807) is 19.2 Å². The fourth-order valence-corrected chi connectivity index (χ4v) is 1.95. The molecule has 0 heterocycles. The molecule has 0 fully saturated rings. The van der Waals surface area contributed by atoms with Gasteiger partial charge in [0.2, 0.25) is 0 Å². The Kier molecular flexibility index (Phi) is 5.83. The quantitative estimate of drug-likeness (QED) is 0.852. The van der Waals surface area contributed by atoms with Crippen molar-refractivity contribution in [3.8, 4) is 11.5 Å². The van der Waals surface area contributed by atoms with Gasteiger partial charge >= 0.3 is 0 Å². The molecule has 0 radical (unpaired) electrons. The van der Waals surface area contributed by atoms with Gasteiger partial charge < -0.3 is 14.8 Å². The molecule has 1 N–H and O–H groups in total. The molecule has 116 valence electrons. The topological polar surface area (TPSA) is 47.6 Å². The molecule has 2 rings (SSSR count). The maximum atomic E-state index is 12.1. The zero-order chi connectivity index (χ0) is 15.8. The number of hydrogen-bond acceptors (Lipinski definition) is 3. The van der Waals surface area contributed by atoms with Crippen LogP contribution in [0.4, 0.5) is 0 Å². The summed E-state index contributed by atoms with van der Waals surface area (Å²) in [5.74, 6) is 1.49. The molecule has 0 bridgehead atoms. The predicted octanol–water partition coefficient (Wildman–Crippen LogP) is 3.41. The van der Waals surface area contributed by atoms with Gasteiger partial charge in [0, 0.05) is 12.1 Å². The van der Waals surface area contributed by atoms with E-state index in [0.717, 1.165) is 23.5 Å². The Morgan fingerprint density at radius 1 is 1.00 bits per heavy atom. The highest BCUT2D eigenvalue weighted by Gasteiger charge is 2.05. The lowest BCUT2D eigenvalue weighted by Crippen LogP contribution is -2.22. The number of ether oxygens (including phenoxy) is 2. The second kappa shape index (κ2) is 8.08. The van der Waals surface area contributed by atoms with Crippen LogP contribution in [-0.2, 0) is 6.54 Å². The Morgan fingerprint density at radius 3 is 2.23 bits per heavy atom. The molecule has 2 aromatic carbocycles. The summed E-state index contributed by atoms with van der Waals surface area (Å²) in [6, 6.07) is 14.8. The summed E-state index contributed by atoms with van der Waals surface area (Å²) in [5.41, 5.74) is 1.65. The van der Waals surface area contributed by atoms with Crippen molar-refractivity contribution in [3.05, 3.63) is 59.7 Å². The maximum absolute atomic E-state index is 12.1. The lowest BCUT2D eigenvalue weighted by molar-refractivity contribution is 0.0951. The normalized spacial score (nSPS) is 10.1. The van der Waals surface area contributed by atoms with E-state index in [1.165, 1.54) is 0 Å². The molecule has 0 spiro atoms. The van der Waals surface area contributed by atoms with Crippen molar-refractivity contribution in [1.82, 2.24) is 5.32 Å². The Bertz CT molecular complexity index is 591. The van der Waals surface area contributed by atoms with Crippen LogP contribution in [0.1, 0.15) is 29.3 Å². The van der Waals surface area contributed by atoms with E-state index in [1.807, 2.05) is 36.4 Å². The fraction of sp³-hybridized carbons (Fsp3) is 0.278. The van der Waals surface area contributed by atoms with Gasteiger partial charge in [-0.05, 0) is 48.4 Å². The molecular formula is C18H21NO3. The van der Waals surface area contributed by atoms with Crippen molar-refractivity contribution < 1.29 is 14.3 Å². The van der Waals surface area contributed by atoms with Crippen LogP contribution in [0, 0.1) is 0 Å². The van der Waals surface area contributed by atoms with E-state index in [9.17, 15) is 4.79 Å². The molecule has 4 heteroatoms. The second-order valence-corrected chi connectivity index (χ2v) is 4.90. The lowest BCUT2D eigenvalue weighted by atomic mass is 10.2. The molecule has 2 aromatic rings. The van der Waals surface area contributed by atoms with Crippen LogP contribution < -0.4 is 14.8 Å². The molecule has 4 nitrogen and oxygen atoms in total. The van der Waals surface area contributed by atoms with Gasteiger partial charge in [-0.15, -0.1) is 0 Å². The summed E-state index contributed by atoms with van der Waals surface area (Å²) in [7, 11) is 1.63. The molecule has 0 aromatic heterocycles. The average Bonchev–Trinajstić information content (AvgIpc) is 2.58. The SMILES string of the molecule is CCCOc1ccc(C(=O)NCc2ccc(OC)cc2)cc1. The van der Waals surface area contributed by atoms with Crippen molar-refractivity contribution in [2.24, 2.45) is 0 Å². The minimum Gasteiger partial charge on any atom is -0.497 e. The summed E-state index contributed by atoms with van der Waals surface area (Å²) in [6.07, 6.45) is 0.962. The van der Waals surface area contributed by atoms with Gasteiger partial charge in [0.05, 0.1) is 13.7 Å². The van der Waals surface area contributed by atoms with E-state index in [-0.39, 0.29) is 5.91 Å². The van der Waals surface area contributed by atoms with Crippen molar-refractivity contribution in [3.63, 3.8) is 0 Å². The Morgan fingerprint density at radius 2 is 1.64 bits per heavy atom. The summed E-state index contributed by atoms with van der Waals surface area (Å²) in [4.78, 5) is 12.1. The highest BCUT2D eigenvalue weighted by atomic mass is 16.5. The highest BCUT2D eigenvalue weighted by Crippen LogP contribution is 2.13. The molecule has 0 aliphatic heterocycles. The number of hydrogen-bond donors (Lipinski definition) is 1. The van der Waals surface area contributed by atoms with E-state index in [0.29, 0.717) is 18.7 Å². The third kappa shape index (κ3) is 4.52. The zero-order valence-electron chi connectivity index (χ0n) is 13.0. The first-order chi connectivity index (χ1) is 10.7. The van der Waals surface area contributed by atoms with Crippen molar-refractivity contribution in [2.75, 3.05) is 13.7 Å². The van der Waals surface area contributed by atoms with E-state index < -0.39 is 0 Å². The van der Waals surface area contributed by atoms with Crippen LogP contribution in [0.15, 0.2) is 48.5 Å². The Balaban J connectivity index is 1.88. The molecular weight excluding hydrogens is 278 g/mol. The first-order valence-corrected chi connectivity index (χ1v) is 7.37. The number of nitrogens with one attached hydrogen (secondary N) is 1. The molecule has 0 aliphatic carbocycles. The molecule has 1 amide bonds. The van der Waals surface area contributed by atoms with Gasteiger partial charge in [0.1, 0.15) is 11.5 Å². The Hall–Kier alpha value is -2.49. The first kappa shape index (κ1) is 15.9. The van der Waals surface area contributed by atoms with Crippen LogP contribution in [-0.4, -0.2) is 19.6 Å². The monoisotopic (exact) mass is 299 g/mol. The number of carbonyl (C=O) groups is 1. The highest BCUT2D eigenvalue weighted by molar-refractivity contribution is 5.94. The molecule has 0 saturated heterocycles. The van der Waals surface area contributed by atoms with Gasteiger partial charge in [-0.2, -0.15) is 0 Å². The number of methoxy groups -OCH3 is 1. The van der Waals surface area contributed by atoms with Crippen LogP contribution in [0.25, 0.3) is 0 Å². The second-order valence-electron chi connectivity index (χ2n) is 4.90. The number of benzene rings is 2. The van der Waals surface area contributed by atoms with Crippen LogP contribution >= 0.6 is 0 Å².